The molecule has 0 radical (unpaired) electrons. The van der Waals surface area contributed by atoms with Crippen molar-refractivity contribution >= 4 is 5.97 Å². The maximum absolute atomic E-state index is 14.7. The van der Waals surface area contributed by atoms with E-state index in [-0.39, 0.29) is 31.0 Å². The first-order chi connectivity index (χ1) is 20.5. The van der Waals surface area contributed by atoms with E-state index in [9.17, 15) is 32.6 Å². The molecule has 0 saturated carbocycles. The van der Waals surface area contributed by atoms with Crippen LogP contribution in [0.5, 0.6) is 5.75 Å². The zero-order valence-electron chi connectivity index (χ0n) is 22.9. The Morgan fingerprint density at radius 2 is 2.02 bits per heavy atom. The fourth-order valence-electron chi connectivity index (χ4n) is 5.33. The molecule has 4 aromatic rings. The van der Waals surface area contributed by atoms with Crippen LogP contribution in [-0.2, 0) is 11.0 Å². The molecule has 0 spiro atoms. The first-order valence-corrected chi connectivity index (χ1v) is 13.5. The zero-order valence-corrected chi connectivity index (χ0v) is 22.9. The minimum absolute atomic E-state index is 0.0267. The molecule has 1 fully saturated rings. The van der Waals surface area contributed by atoms with Crippen molar-refractivity contribution in [3.8, 4) is 34.4 Å². The normalized spacial score (nSPS) is 18.0. The highest BCUT2D eigenvalue weighted by Gasteiger charge is 2.41. The molecular formula is C28H28F4N6O5. The molecule has 1 aliphatic heterocycles. The Bertz CT molecular complexity index is 1580. The van der Waals surface area contributed by atoms with Gasteiger partial charge in [-0.25, -0.2) is 14.1 Å². The molecule has 3 N–H and O–H groups in total. The van der Waals surface area contributed by atoms with E-state index in [0.717, 1.165) is 31.4 Å². The second-order valence-electron chi connectivity index (χ2n) is 10.3. The van der Waals surface area contributed by atoms with Crippen molar-refractivity contribution in [2.75, 3.05) is 19.7 Å². The SMILES string of the molecule is CCOc1cnc(-n2ncc(-c3nc(-c4ccc([C@@H](O)C[C@@]5(CC(=O)O)CCCNC5)cc4)no3)c2C(F)(F)F)c(F)c1. The Kier molecular flexibility index (Phi) is 8.46. The molecule has 228 valence electrons. The molecule has 0 aliphatic carbocycles. The molecule has 1 aliphatic rings. The Morgan fingerprint density at radius 1 is 1.26 bits per heavy atom. The third kappa shape index (κ3) is 6.51. The number of hydrogen-bond acceptors (Lipinski definition) is 9. The van der Waals surface area contributed by atoms with Crippen molar-refractivity contribution < 1.29 is 41.8 Å². The summed E-state index contributed by atoms with van der Waals surface area (Å²) in [6.45, 7) is 3.16. The highest BCUT2D eigenvalue weighted by atomic mass is 19.4. The Hall–Kier alpha value is -4.37. The molecular weight excluding hydrogens is 576 g/mol. The average molecular weight is 605 g/mol. The lowest BCUT2D eigenvalue weighted by atomic mass is 9.73. The lowest BCUT2D eigenvalue weighted by molar-refractivity contribution is -0.142. The molecule has 4 heterocycles. The molecule has 5 rings (SSSR count). The number of aliphatic carboxylic acids is 1. The van der Waals surface area contributed by atoms with Crippen LogP contribution in [0.2, 0.25) is 0 Å². The third-order valence-corrected chi connectivity index (χ3v) is 7.27. The van der Waals surface area contributed by atoms with E-state index in [1.165, 1.54) is 0 Å². The van der Waals surface area contributed by atoms with E-state index in [1.807, 2.05) is 0 Å². The van der Waals surface area contributed by atoms with Gasteiger partial charge in [0.1, 0.15) is 5.75 Å². The van der Waals surface area contributed by atoms with Gasteiger partial charge in [-0.1, -0.05) is 29.4 Å². The minimum atomic E-state index is -4.99. The number of aliphatic hydroxyl groups is 1. The smallest absolute Gasteiger partial charge is 0.434 e. The van der Waals surface area contributed by atoms with E-state index in [2.05, 4.69) is 25.5 Å². The van der Waals surface area contributed by atoms with Gasteiger partial charge in [-0.15, -0.1) is 0 Å². The molecule has 3 aromatic heterocycles. The van der Waals surface area contributed by atoms with E-state index in [0.29, 0.717) is 28.8 Å². The number of nitrogens with zero attached hydrogens (tertiary/aromatic N) is 5. The number of pyridine rings is 1. The quantitative estimate of drug-likeness (QED) is 0.215. The highest BCUT2D eigenvalue weighted by Crippen LogP contribution is 2.40. The molecule has 11 nitrogen and oxygen atoms in total. The van der Waals surface area contributed by atoms with Crippen LogP contribution >= 0.6 is 0 Å². The van der Waals surface area contributed by atoms with Gasteiger partial charge in [0.2, 0.25) is 5.82 Å². The molecule has 15 heteroatoms. The van der Waals surface area contributed by atoms with Crippen molar-refractivity contribution in [1.29, 1.82) is 0 Å². The van der Waals surface area contributed by atoms with Gasteiger partial charge >= 0.3 is 12.1 Å². The number of alkyl halides is 3. The fraction of sp³-hybridized carbons (Fsp3) is 0.393. The number of halogens is 4. The first-order valence-electron chi connectivity index (χ1n) is 13.5. The van der Waals surface area contributed by atoms with Gasteiger partial charge in [-0.2, -0.15) is 23.3 Å². The summed E-state index contributed by atoms with van der Waals surface area (Å²) in [5.74, 6) is -3.17. The summed E-state index contributed by atoms with van der Waals surface area (Å²) in [6, 6.07) is 7.28. The summed E-state index contributed by atoms with van der Waals surface area (Å²) < 4.78 is 67.8. The number of benzene rings is 1. The van der Waals surface area contributed by atoms with Crippen LogP contribution in [0.3, 0.4) is 0 Å². The van der Waals surface area contributed by atoms with Gasteiger partial charge in [0.25, 0.3) is 5.89 Å². The third-order valence-electron chi connectivity index (χ3n) is 7.27. The maximum atomic E-state index is 14.7. The molecule has 1 aromatic carbocycles. The van der Waals surface area contributed by atoms with Gasteiger partial charge in [-0.3, -0.25) is 4.79 Å². The fourth-order valence-corrected chi connectivity index (χ4v) is 5.33. The van der Waals surface area contributed by atoms with Gasteiger partial charge in [0.15, 0.2) is 17.3 Å². The number of hydrogen-bond donors (Lipinski definition) is 3. The van der Waals surface area contributed by atoms with Crippen LogP contribution in [-0.4, -0.2) is 60.8 Å². The van der Waals surface area contributed by atoms with Crippen molar-refractivity contribution in [3.63, 3.8) is 0 Å². The van der Waals surface area contributed by atoms with E-state index < -0.39 is 52.4 Å². The number of rotatable bonds is 10. The van der Waals surface area contributed by atoms with Crippen molar-refractivity contribution in [3.05, 3.63) is 59.8 Å². The topological polar surface area (TPSA) is 148 Å². The maximum Gasteiger partial charge on any atom is 0.434 e. The molecule has 43 heavy (non-hydrogen) atoms. The van der Waals surface area contributed by atoms with Gasteiger partial charge in [0.05, 0.1) is 37.1 Å². The lowest BCUT2D eigenvalue weighted by Crippen LogP contribution is -2.42. The van der Waals surface area contributed by atoms with Crippen LogP contribution < -0.4 is 10.1 Å². The zero-order chi connectivity index (χ0) is 30.8. The van der Waals surface area contributed by atoms with Crippen LogP contribution in [0.25, 0.3) is 28.7 Å². The number of carboxylic acid groups (broad SMARTS) is 1. The van der Waals surface area contributed by atoms with Crippen LogP contribution in [0.1, 0.15) is 50.0 Å². The van der Waals surface area contributed by atoms with E-state index in [1.54, 1.807) is 31.2 Å². The average Bonchev–Trinajstić information content (AvgIpc) is 3.61. The number of ether oxygens (including phenoxy) is 1. The van der Waals surface area contributed by atoms with Crippen molar-refractivity contribution in [2.24, 2.45) is 5.41 Å². The minimum Gasteiger partial charge on any atom is -0.492 e. The van der Waals surface area contributed by atoms with Crippen molar-refractivity contribution in [2.45, 2.75) is 44.9 Å². The molecule has 0 amide bonds. The van der Waals surface area contributed by atoms with Crippen LogP contribution in [0, 0.1) is 11.2 Å². The standard InChI is InChI=1S/C28H28F4N6O5/c1-2-42-18-10-20(29)25(34-13-18)38-23(28(30,31)32)19(14-35-38)26-36-24(37-43-26)17-6-4-16(5-7-17)21(39)11-27(12-22(40)41)8-3-9-33-15-27/h4-7,10,13-14,21,33,39H,2-3,8-9,11-12,15H2,1H3,(H,40,41)/t21-,27+/m0/s1. The largest absolute Gasteiger partial charge is 0.492 e. The summed E-state index contributed by atoms with van der Waals surface area (Å²) in [5.41, 5.74) is -1.59. The predicted octanol–water partition coefficient (Wildman–Crippen LogP) is 4.81. The molecule has 1 saturated heterocycles. The molecule has 2 atom stereocenters. The van der Waals surface area contributed by atoms with Gasteiger partial charge in [-0.05, 0) is 43.7 Å². The van der Waals surface area contributed by atoms with Crippen LogP contribution in [0.4, 0.5) is 17.6 Å². The molecule has 0 bridgehead atoms. The summed E-state index contributed by atoms with van der Waals surface area (Å²) in [7, 11) is 0. The lowest BCUT2D eigenvalue weighted by Gasteiger charge is -2.38. The number of carboxylic acids is 1. The van der Waals surface area contributed by atoms with Crippen molar-refractivity contribution in [1.82, 2.24) is 30.2 Å². The van der Waals surface area contributed by atoms with E-state index in [4.69, 9.17) is 9.26 Å². The Balaban J connectivity index is 1.39. The summed E-state index contributed by atoms with van der Waals surface area (Å²) in [4.78, 5) is 19.3. The number of piperidine rings is 1. The van der Waals surface area contributed by atoms with Crippen LogP contribution in [0.15, 0.2) is 47.2 Å². The first kappa shape index (κ1) is 30.1. The number of aromatic nitrogens is 5. The second-order valence-corrected chi connectivity index (χ2v) is 10.3. The van der Waals surface area contributed by atoms with E-state index >= 15 is 0 Å². The number of aliphatic hydroxyl groups excluding tert-OH is 1. The monoisotopic (exact) mass is 604 g/mol. The summed E-state index contributed by atoms with van der Waals surface area (Å²) in [5, 5.41) is 31.0. The highest BCUT2D eigenvalue weighted by molar-refractivity contribution is 5.68. The Morgan fingerprint density at radius 3 is 2.65 bits per heavy atom. The Labute approximate surface area is 242 Å². The summed E-state index contributed by atoms with van der Waals surface area (Å²) in [6.07, 6.45) is -2.35. The van der Waals surface area contributed by atoms with Gasteiger partial charge in [0, 0.05) is 18.2 Å². The van der Waals surface area contributed by atoms with Gasteiger partial charge < -0.3 is 24.8 Å². The predicted molar refractivity (Wildman–Crippen MR) is 143 cm³/mol. The number of carbonyl (C=O) groups is 1. The summed E-state index contributed by atoms with van der Waals surface area (Å²) >= 11 is 0. The molecule has 0 unspecified atom stereocenters. The second kappa shape index (κ2) is 12.1. The number of nitrogens with one attached hydrogen (secondary N) is 1.